The number of nitrogens with one attached hydrogen (secondary N) is 1. The lowest BCUT2D eigenvalue weighted by Crippen LogP contribution is -2.54. The third-order valence-electron chi connectivity index (χ3n) is 5.96. The average molecular weight is 527 g/mol. The summed E-state index contributed by atoms with van der Waals surface area (Å²) in [5, 5.41) is 3.29. The van der Waals surface area contributed by atoms with Gasteiger partial charge in [-0.15, -0.1) is 0 Å². The second-order valence-electron chi connectivity index (χ2n) is 10.1. The quantitative estimate of drug-likeness (QED) is 0.465. The first kappa shape index (κ1) is 28.7. The van der Waals surface area contributed by atoms with Crippen molar-refractivity contribution in [2.45, 2.75) is 64.3 Å². The lowest BCUT2D eigenvalue weighted by molar-refractivity contribution is -0.160. The molecule has 1 aliphatic heterocycles. The summed E-state index contributed by atoms with van der Waals surface area (Å²) in [7, 11) is 0. The lowest BCUT2D eigenvalue weighted by Gasteiger charge is -2.33. The van der Waals surface area contributed by atoms with E-state index in [1.807, 2.05) is 60.7 Å². The molecule has 1 heterocycles. The van der Waals surface area contributed by atoms with E-state index >= 15 is 0 Å². The molecule has 1 fully saturated rings. The molecule has 0 radical (unpaired) electrons. The molecule has 0 aliphatic carbocycles. The van der Waals surface area contributed by atoms with Crippen molar-refractivity contribution in [1.82, 2.24) is 10.2 Å². The van der Waals surface area contributed by atoms with Crippen LogP contribution in [0.5, 0.6) is 0 Å². The maximum Gasteiger partial charge on any atom is 0.326 e. The van der Waals surface area contributed by atoms with Crippen molar-refractivity contribution in [1.29, 1.82) is 0 Å². The Kier molecular flexibility index (Phi) is 10.6. The molecular weight excluding hydrogens is 488 g/mol. The number of amides is 1. The van der Waals surface area contributed by atoms with Gasteiger partial charge in [-0.2, -0.15) is 11.8 Å². The van der Waals surface area contributed by atoms with Gasteiger partial charge in [-0.05, 0) is 51.7 Å². The summed E-state index contributed by atoms with van der Waals surface area (Å²) in [6.07, 6.45) is 1.16. The molecule has 2 aromatic rings. The van der Waals surface area contributed by atoms with Crippen molar-refractivity contribution in [2.75, 3.05) is 24.7 Å². The van der Waals surface area contributed by atoms with Crippen LogP contribution in [0, 0.1) is 0 Å². The number of thioether (sulfide) groups is 1. The van der Waals surface area contributed by atoms with Gasteiger partial charge in [0.05, 0.1) is 18.7 Å². The summed E-state index contributed by atoms with van der Waals surface area (Å²) in [6.45, 7) is 7.28. The zero-order valence-electron chi connectivity index (χ0n) is 22.1. The van der Waals surface area contributed by atoms with E-state index < -0.39 is 23.7 Å². The molecule has 7 nitrogen and oxygen atoms in total. The third kappa shape index (κ3) is 8.90. The average Bonchev–Trinajstić information content (AvgIpc) is 3.00. The summed E-state index contributed by atoms with van der Waals surface area (Å²) in [4.78, 5) is 41.2. The molecule has 37 heavy (non-hydrogen) atoms. The van der Waals surface area contributed by atoms with E-state index in [9.17, 15) is 14.4 Å². The summed E-state index contributed by atoms with van der Waals surface area (Å²) >= 11 is 1.63. The van der Waals surface area contributed by atoms with Crippen LogP contribution in [0.25, 0.3) is 0 Å². The summed E-state index contributed by atoms with van der Waals surface area (Å²) in [5.74, 6) is 0.0509. The smallest absolute Gasteiger partial charge is 0.326 e. The van der Waals surface area contributed by atoms with E-state index in [-0.39, 0.29) is 31.1 Å². The molecule has 0 unspecified atom stereocenters. The van der Waals surface area contributed by atoms with Crippen molar-refractivity contribution in [3.8, 4) is 0 Å². The highest BCUT2D eigenvalue weighted by Gasteiger charge is 2.38. The van der Waals surface area contributed by atoms with Crippen molar-refractivity contribution >= 4 is 29.6 Å². The Balaban J connectivity index is 1.82. The predicted octanol–water partition coefficient (Wildman–Crippen LogP) is 4.17. The molecule has 0 bridgehead atoms. The van der Waals surface area contributed by atoms with Crippen molar-refractivity contribution in [3.63, 3.8) is 0 Å². The van der Waals surface area contributed by atoms with Crippen LogP contribution in [0.2, 0.25) is 0 Å². The maximum absolute atomic E-state index is 13.9. The van der Waals surface area contributed by atoms with Gasteiger partial charge in [0.15, 0.2) is 0 Å². The molecule has 1 N–H and O–H groups in total. The van der Waals surface area contributed by atoms with Crippen LogP contribution in [0.15, 0.2) is 60.7 Å². The van der Waals surface area contributed by atoms with E-state index in [0.717, 1.165) is 11.1 Å². The van der Waals surface area contributed by atoms with Crippen LogP contribution in [-0.4, -0.2) is 65.1 Å². The van der Waals surface area contributed by atoms with Crippen LogP contribution in [0.3, 0.4) is 0 Å². The van der Waals surface area contributed by atoms with Gasteiger partial charge in [-0.1, -0.05) is 60.7 Å². The molecule has 1 saturated heterocycles. The second kappa shape index (κ2) is 13.6. The molecule has 2 aromatic carbocycles. The van der Waals surface area contributed by atoms with E-state index in [1.165, 1.54) is 0 Å². The number of esters is 2. The largest absolute Gasteiger partial charge is 0.465 e. The van der Waals surface area contributed by atoms with Crippen molar-refractivity contribution < 1.29 is 23.9 Å². The number of carbonyl (C=O) groups is 3. The normalized spacial score (nSPS) is 19.1. The highest BCUT2D eigenvalue weighted by atomic mass is 32.2. The fourth-order valence-corrected chi connectivity index (χ4v) is 5.50. The number of nitrogens with zero attached hydrogens (tertiary/aromatic N) is 1. The van der Waals surface area contributed by atoms with Gasteiger partial charge in [0.2, 0.25) is 5.91 Å². The lowest BCUT2D eigenvalue weighted by atomic mass is 10.0. The maximum atomic E-state index is 13.9. The van der Waals surface area contributed by atoms with Gasteiger partial charge in [-0.25, -0.2) is 0 Å². The van der Waals surface area contributed by atoms with Crippen LogP contribution in [0.1, 0.15) is 51.3 Å². The number of hydrogen-bond donors (Lipinski definition) is 1. The molecule has 0 saturated carbocycles. The molecule has 0 aromatic heterocycles. The zero-order valence-corrected chi connectivity index (χ0v) is 23.0. The Morgan fingerprint density at radius 2 is 1.70 bits per heavy atom. The molecular formula is C29H38N2O5S. The summed E-state index contributed by atoms with van der Waals surface area (Å²) < 4.78 is 10.9. The first-order chi connectivity index (χ1) is 17.7. The number of benzene rings is 2. The first-order valence-corrected chi connectivity index (χ1v) is 13.9. The molecule has 200 valence electrons. The number of rotatable bonds is 10. The molecule has 1 amide bonds. The standard InChI is InChI=1S/C29H38N2O5S/c1-5-35-28(34)23(17-16-21-12-8-6-9-13-21)30-24-19-37-20-25(22-14-10-7-11-15-22)31(27(24)33)18-26(32)36-29(2,3)4/h6-15,23-25,30H,5,16-20H2,1-4H3/t23-,24-,25-/m0/s1. The SMILES string of the molecule is CCOC(=O)[C@H](CCc1ccccc1)N[C@H]1CSC[C@@H](c2ccccc2)N(CC(=O)OC(C)(C)C)C1=O. The van der Waals surface area contributed by atoms with Crippen LogP contribution in [-0.2, 0) is 30.3 Å². The number of aryl methyl sites for hydroxylation is 1. The van der Waals surface area contributed by atoms with Crippen LogP contribution in [0.4, 0.5) is 0 Å². The number of carbonyl (C=O) groups excluding carboxylic acids is 3. The monoisotopic (exact) mass is 526 g/mol. The molecule has 0 spiro atoms. The minimum Gasteiger partial charge on any atom is -0.465 e. The number of ether oxygens (including phenoxy) is 2. The highest BCUT2D eigenvalue weighted by molar-refractivity contribution is 7.99. The van der Waals surface area contributed by atoms with Crippen LogP contribution >= 0.6 is 11.8 Å². The van der Waals surface area contributed by atoms with Gasteiger partial charge in [-0.3, -0.25) is 19.7 Å². The van der Waals surface area contributed by atoms with E-state index in [2.05, 4.69) is 5.32 Å². The Labute approximate surface area is 224 Å². The minimum absolute atomic E-state index is 0.164. The fraction of sp³-hybridized carbons (Fsp3) is 0.483. The number of hydrogen-bond acceptors (Lipinski definition) is 7. The van der Waals surface area contributed by atoms with Gasteiger partial charge in [0, 0.05) is 11.5 Å². The molecule has 3 rings (SSSR count). The van der Waals surface area contributed by atoms with E-state index in [0.29, 0.717) is 24.3 Å². The summed E-state index contributed by atoms with van der Waals surface area (Å²) in [5.41, 5.74) is 1.40. The molecule has 8 heteroatoms. The topological polar surface area (TPSA) is 84.9 Å². The second-order valence-corrected chi connectivity index (χ2v) is 11.1. The first-order valence-electron chi connectivity index (χ1n) is 12.8. The van der Waals surface area contributed by atoms with Gasteiger partial charge in [0.25, 0.3) is 0 Å². The van der Waals surface area contributed by atoms with Gasteiger partial charge >= 0.3 is 11.9 Å². The Morgan fingerprint density at radius 1 is 1.05 bits per heavy atom. The fourth-order valence-electron chi connectivity index (χ4n) is 4.29. The Morgan fingerprint density at radius 3 is 2.32 bits per heavy atom. The minimum atomic E-state index is -0.660. The van der Waals surface area contributed by atoms with Crippen molar-refractivity contribution in [2.24, 2.45) is 0 Å². The molecule has 3 atom stereocenters. The van der Waals surface area contributed by atoms with E-state index in [1.54, 1.807) is 44.4 Å². The zero-order chi connectivity index (χ0) is 26.8. The predicted molar refractivity (Wildman–Crippen MR) is 146 cm³/mol. The van der Waals surface area contributed by atoms with Gasteiger partial charge in [0.1, 0.15) is 18.2 Å². The Hall–Kier alpha value is -2.84. The summed E-state index contributed by atoms with van der Waals surface area (Å²) in [6, 6.07) is 18.0. The highest BCUT2D eigenvalue weighted by Crippen LogP contribution is 2.30. The van der Waals surface area contributed by atoms with Crippen LogP contribution < -0.4 is 5.32 Å². The van der Waals surface area contributed by atoms with E-state index in [4.69, 9.17) is 9.47 Å². The van der Waals surface area contributed by atoms with Gasteiger partial charge < -0.3 is 14.4 Å². The Bertz CT molecular complexity index is 1030. The third-order valence-corrected chi connectivity index (χ3v) is 7.08. The van der Waals surface area contributed by atoms with Crippen molar-refractivity contribution in [3.05, 3.63) is 71.8 Å². The molecule has 1 aliphatic rings.